The van der Waals surface area contributed by atoms with Gasteiger partial charge in [0, 0.05) is 12.8 Å². The SMILES string of the molecule is COCC1CN(c2ccc3cc(S(=O)(=O)O)ccc3c2)C(=O)O1. The van der Waals surface area contributed by atoms with Gasteiger partial charge < -0.3 is 9.47 Å². The first-order valence-corrected chi connectivity index (χ1v) is 8.31. The van der Waals surface area contributed by atoms with Gasteiger partial charge in [0.1, 0.15) is 6.10 Å². The summed E-state index contributed by atoms with van der Waals surface area (Å²) >= 11 is 0. The number of fused-ring (bicyclic) bond motifs is 1. The van der Waals surface area contributed by atoms with Gasteiger partial charge in [0.2, 0.25) is 0 Å². The van der Waals surface area contributed by atoms with Gasteiger partial charge in [-0.15, -0.1) is 0 Å². The number of anilines is 1. The molecule has 1 aliphatic rings. The second kappa shape index (κ2) is 5.80. The molecular weight excluding hydrogens is 322 g/mol. The van der Waals surface area contributed by atoms with Crippen molar-refractivity contribution in [3.63, 3.8) is 0 Å². The highest BCUT2D eigenvalue weighted by Gasteiger charge is 2.32. The molecule has 1 aliphatic heterocycles. The third kappa shape index (κ3) is 3.14. The molecule has 0 saturated carbocycles. The van der Waals surface area contributed by atoms with Crippen LogP contribution in [0.5, 0.6) is 0 Å². The van der Waals surface area contributed by atoms with Crippen molar-refractivity contribution in [1.82, 2.24) is 0 Å². The standard InChI is InChI=1S/C15H15NO6S/c1-21-9-13-8-16(15(17)22-13)12-4-2-11-7-14(23(18,19)20)5-3-10(11)6-12/h2-7,13H,8-9H2,1H3,(H,18,19,20). The number of nitrogens with zero attached hydrogens (tertiary/aromatic N) is 1. The molecule has 1 fully saturated rings. The Bertz CT molecular complexity index is 863. The molecule has 1 amide bonds. The minimum absolute atomic E-state index is 0.168. The first-order chi connectivity index (χ1) is 10.9. The Balaban J connectivity index is 1.93. The molecular formula is C15H15NO6S. The number of carbonyl (C=O) groups excluding carboxylic acids is 1. The molecule has 8 heteroatoms. The predicted octanol–water partition coefficient (Wildman–Crippen LogP) is 2.06. The Morgan fingerprint density at radius 3 is 2.65 bits per heavy atom. The number of ether oxygens (including phenoxy) is 2. The van der Waals surface area contributed by atoms with E-state index in [2.05, 4.69) is 0 Å². The van der Waals surface area contributed by atoms with Crippen molar-refractivity contribution < 1.29 is 27.2 Å². The molecule has 0 spiro atoms. The fraction of sp³-hybridized carbons (Fsp3) is 0.267. The molecule has 2 aromatic carbocycles. The van der Waals surface area contributed by atoms with E-state index in [0.717, 1.165) is 5.39 Å². The topological polar surface area (TPSA) is 93.1 Å². The largest absolute Gasteiger partial charge is 0.441 e. The number of hydrogen-bond donors (Lipinski definition) is 1. The van der Waals surface area contributed by atoms with Crippen LogP contribution in [0.2, 0.25) is 0 Å². The van der Waals surface area contributed by atoms with Crippen molar-refractivity contribution in [3.05, 3.63) is 36.4 Å². The molecule has 2 aromatic rings. The zero-order valence-corrected chi connectivity index (χ0v) is 13.1. The van der Waals surface area contributed by atoms with Crippen LogP contribution >= 0.6 is 0 Å². The first kappa shape index (κ1) is 15.7. The van der Waals surface area contributed by atoms with Crippen molar-refractivity contribution in [3.8, 4) is 0 Å². The highest BCUT2D eigenvalue weighted by Crippen LogP contribution is 2.27. The summed E-state index contributed by atoms with van der Waals surface area (Å²) in [6.45, 7) is 0.717. The maximum Gasteiger partial charge on any atom is 0.414 e. The molecule has 1 N–H and O–H groups in total. The summed E-state index contributed by atoms with van der Waals surface area (Å²) in [5.41, 5.74) is 0.653. The Morgan fingerprint density at radius 1 is 1.26 bits per heavy atom. The Hall–Kier alpha value is -2.16. The van der Waals surface area contributed by atoms with Crippen LogP contribution in [0.3, 0.4) is 0 Å². The zero-order valence-electron chi connectivity index (χ0n) is 12.3. The summed E-state index contributed by atoms with van der Waals surface area (Å²) in [5.74, 6) is 0. The average Bonchev–Trinajstić information content (AvgIpc) is 2.86. The molecule has 0 aromatic heterocycles. The van der Waals surface area contributed by atoms with Crippen LogP contribution in [0.15, 0.2) is 41.3 Å². The molecule has 3 rings (SSSR count). The van der Waals surface area contributed by atoms with Crippen molar-refractivity contribution in [1.29, 1.82) is 0 Å². The van der Waals surface area contributed by atoms with Crippen LogP contribution in [0.1, 0.15) is 0 Å². The van der Waals surface area contributed by atoms with E-state index < -0.39 is 16.2 Å². The van der Waals surface area contributed by atoms with Crippen molar-refractivity contribution >= 4 is 32.7 Å². The minimum Gasteiger partial charge on any atom is -0.441 e. The highest BCUT2D eigenvalue weighted by atomic mass is 32.2. The van der Waals surface area contributed by atoms with E-state index in [1.807, 2.05) is 0 Å². The summed E-state index contributed by atoms with van der Waals surface area (Å²) in [5, 5.41) is 1.39. The van der Waals surface area contributed by atoms with E-state index in [9.17, 15) is 13.2 Å². The van der Waals surface area contributed by atoms with Gasteiger partial charge in [0.25, 0.3) is 10.1 Å². The van der Waals surface area contributed by atoms with Crippen molar-refractivity contribution in [2.24, 2.45) is 0 Å². The smallest absolute Gasteiger partial charge is 0.414 e. The second-order valence-corrected chi connectivity index (χ2v) is 6.66. The number of benzene rings is 2. The predicted molar refractivity (Wildman–Crippen MR) is 83.3 cm³/mol. The van der Waals surface area contributed by atoms with Gasteiger partial charge in [-0.25, -0.2) is 4.79 Å². The Labute approximate surface area is 133 Å². The van der Waals surface area contributed by atoms with Crippen LogP contribution in [-0.2, 0) is 19.6 Å². The molecule has 1 unspecified atom stereocenters. The lowest BCUT2D eigenvalue weighted by atomic mass is 10.1. The first-order valence-electron chi connectivity index (χ1n) is 6.87. The fourth-order valence-corrected chi connectivity index (χ4v) is 3.06. The van der Waals surface area contributed by atoms with Crippen LogP contribution < -0.4 is 4.90 Å². The molecule has 0 bridgehead atoms. The van der Waals surface area contributed by atoms with E-state index in [0.29, 0.717) is 24.2 Å². The maximum absolute atomic E-state index is 11.9. The molecule has 0 aliphatic carbocycles. The number of carbonyl (C=O) groups is 1. The minimum atomic E-state index is -4.24. The summed E-state index contributed by atoms with van der Waals surface area (Å²) in [6, 6.07) is 9.43. The van der Waals surface area contributed by atoms with Crippen molar-refractivity contribution in [2.45, 2.75) is 11.0 Å². The number of cyclic esters (lactones) is 1. The lowest BCUT2D eigenvalue weighted by Gasteiger charge is -2.14. The lowest BCUT2D eigenvalue weighted by Crippen LogP contribution is -2.25. The maximum atomic E-state index is 11.9. The summed E-state index contributed by atoms with van der Waals surface area (Å²) < 4.78 is 41.6. The molecule has 122 valence electrons. The van der Waals surface area contributed by atoms with Gasteiger partial charge in [-0.05, 0) is 35.0 Å². The average molecular weight is 337 g/mol. The lowest BCUT2D eigenvalue weighted by molar-refractivity contribution is 0.0718. The highest BCUT2D eigenvalue weighted by molar-refractivity contribution is 7.85. The second-order valence-electron chi connectivity index (χ2n) is 5.24. The fourth-order valence-electron chi connectivity index (χ4n) is 2.54. The summed E-state index contributed by atoms with van der Waals surface area (Å²) in [7, 11) is -2.70. The summed E-state index contributed by atoms with van der Waals surface area (Å²) in [6.07, 6.45) is -0.758. The van der Waals surface area contributed by atoms with E-state index in [1.54, 1.807) is 31.4 Å². The van der Waals surface area contributed by atoms with Gasteiger partial charge in [-0.3, -0.25) is 9.45 Å². The number of hydrogen-bond acceptors (Lipinski definition) is 5. The van der Waals surface area contributed by atoms with Gasteiger partial charge >= 0.3 is 6.09 Å². The van der Waals surface area contributed by atoms with Gasteiger partial charge in [-0.1, -0.05) is 12.1 Å². The van der Waals surface area contributed by atoms with Crippen LogP contribution in [0, 0.1) is 0 Å². The number of rotatable bonds is 4. The van der Waals surface area contributed by atoms with Gasteiger partial charge in [0.05, 0.1) is 18.0 Å². The molecule has 7 nitrogen and oxygen atoms in total. The normalized spacial score (nSPS) is 18.4. The van der Waals surface area contributed by atoms with Crippen molar-refractivity contribution in [2.75, 3.05) is 25.2 Å². The van der Waals surface area contributed by atoms with Crippen LogP contribution in [0.4, 0.5) is 10.5 Å². The molecule has 1 saturated heterocycles. The molecule has 23 heavy (non-hydrogen) atoms. The third-order valence-corrected chi connectivity index (χ3v) is 4.48. The van der Waals surface area contributed by atoms with Crippen LogP contribution in [-0.4, -0.2) is 45.4 Å². The molecule has 1 heterocycles. The Kier molecular flexibility index (Phi) is 3.97. The monoisotopic (exact) mass is 337 g/mol. The number of amides is 1. The quantitative estimate of drug-likeness (QED) is 0.859. The van der Waals surface area contributed by atoms with E-state index >= 15 is 0 Å². The van der Waals surface area contributed by atoms with Crippen LogP contribution in [0.25, 0.3) is 10.8 Å². The number of methoxy groups -OCH3 is 1. The van der Waals surface area contributed by atoms with Gasteiger partial charge in [-0.2, -0.15) is 8.42 Å². The zero-order chi connectivity index (χ0) is 16.6. The third-order valence-electron chi connectivity index (χ3n) is 3.63. The van der Waals surface area contributed by atoms with E-state index in [4.69, 9.17) is 14.0 Å². The van der Waals surface area contributed by atoms with E-state index in [-0.39, 0.29) is 11.0 Å². The van der Waals surface area contributed by atoms with Gasteiger partial charge in [0.15, 0.2) is 0 Å². The summed E-state index contributed by atoms with van der Waals surface area (Å²) in [4.78, 5) is 13.2. The molecule has 1 atom stereocenters. The van der Waals surface area contributed by atoms with E-state index in [1.165, 1.54) is 17.0 Å². The molecule has 0 radical (unpaired) electrons. The Morgan fingerprint density at radius 2 is 1.96 bits per heavy atom.